The van der Waals surface area contributed by atoms with E-state index in [1.165, 1.54) is 0 Å². The molecule has 0 saturated carbocycles. The summed E-state index contributed by atoms with van der Waals surface area (Å²) in [5.74, 6) is 0.0343. The first-order valence-corrected chi connectivity index (χ1v) is 7.15. The van der Waals surface area contributed by atoms with E-state index in [1.807, 2.05) is 0 Å². The van der Waals surface area contributed by atoms with Gasteiger partial charge in [-0.1, -0.05) is 6.92 Å². The molecule has 0 spiro atoms. The summed E-state index contributed by atoms with van der Waals surface area (Å²) in [6, 6.07) is 1.55. The molecule has 2 N–H and O–H groups in total. The second kappa shape index (κ2) is 8.31. The number of morpholine rings is 1. The second-order valence-electron chi connectivity index (χ2n) is 4.04. The first-order chi connectivity index (χ1) is 9.02. The van der Waals surface area contributed by atoms with Gasteiger partial charge in [0.1, 0.15) is 0 Å². The van der Waals surface area contributed by atoms with E-state index in [0.29, 0.717) is 13.2 Å². The average Bonchev–Trinajstić information content (AvgIpc) is 2.39. The summed E-state index contributed by atoms with van der Waals surface area (Å²) in [6.45, 7) is 4.66. The molecule has 0 unspecified atom stereocenters. The van der Waals surface area contributed by atoms with Crippen LogP contribution in [-0.2, 0) is 9.53 Å². The zero-order valence-corrected chi connectivity index (χ0v) is 13.2. The number of carboxylic acids is 1. The molecule has 1 aromatic heterocycles. The summed E-state index contributed by atoms with van der Waals surface area (Å²) < 4.78 is 6.03. The topological polar surface area (TPSA) is 95.5 Å². The van der Waals surface area contributed by atoms with Gasteiger partial charge in [0.15, 0.2) is 0 Å². The van der Waals surface area contributed by atoms with Crippen molar-refractivity contribution in [2.24, 2.45) is 0 Å². The molecule has 1 saturated heterocycles. The molecule has 2 rings (SSSR count). The summed E-state index contributed by atoms with van der Waals surface area (Å²) in [5, 5.41) is 7.72. The second-order valence-corrected chi connectivity index (χ2v) is 4.98. The van der Waals surface area contributed by atoms with Gasteiger partial charge in [-0.05, 0) is 0 Å². The number of nitrogens with one attached hydrogen (secondary N) is 1. The first kappa shape index (κ1) is 16.2. The zero-order valence-electron chi connectivity index (χ0n) is 11.2. The number of aromatic amines is 1. The fourth-order valence-corrected chi connectivity index (χ4v) is 1.99. The maximum absolute atomic E-state index is 11.2. The van der Waals surface area contributed by atoms with Crippen molar-refractivity contribution in [3.05, 3.63) is 16.4 Å². The van der Waals surface area contributed by atoms with Crippen LogP contribution in [-0.4, -0.2) is 75.3 Å². The number of hydrogen-bond acceptors (Lipinski definition) is 5. The minimum atomic E-state index is -0.745. The van der Waals surface area contributed by atoms with Gasteiger partial charge in [-0.3, -0.25) is 4.79 Å². The molecule has 0 atom stereocenters. The van der Waals surface area contributed by atoms with Gasteiger partial charge in [-0.2, -0.15) is 0 Å². The van der Waals surface area contributed by atoms with Gasteiger partial charge in [-0.15, -0.1) is 0 Å². The average molecular weight is 277 g/mol. The molecular weight excluding hydrogens is 261 g/mol. The van der Waals surface area contributed by atoms with Gasteiger partial charge in [-0.25, -0.2) is 0 Å². The molecule has 0 aliphatic carbocycles. The van der Waals surface area contributed by atoms with E-state index in [9.17, 15) is 9.59 Å². The van der Waals surface area contributed by atoms with E-state index in [-0.39, 0.29) is 12.0 Å². The molecule has 1 aromatic rings. The number of carbonyl (C=O) groups is 1. The fourth-order valence-electron chi connectivity index (χ4n) is 1.52. The van der Waals surface area contributed by atoms with Crippen LogP contribution in [0.1, 0.15) is 13.3 Å². The van der Waals surface area contributed by atoms with Crippen LogP contribution in [0, 0.1) is 0 Å². The van der Waals surface area contributed by atoms with Crippen LogP contribution >= 0.6 is 0 Å². The van der Waals surface area contributed by atoms with E-state index in [1.54, 1.807) is 13.0 Å². The van der Waals surface area contributed by atoms with Crippen molar-refractivity contribution < 1.29 is 14.6 Å². The molecular formula is C11H16N3NaO4. The number of ether oxygens (including phenoxy) is 1. The Hall–Kier alpha value is -0.890. The van der Waals surface area contributed by atoms with Crippen LogP contribution in [0.3, 0.4) is 0 Å². The number of H-pyrrole nitrogens is 1. The number of aromatic nitrogens is 2. The number of hydrogen-bond donors (Lipinski definition) is 2. The Balaban J connectivity index is 0.000000312. The number of rotatable bonds is 2. The first-order valence-electron chi connectivity index (χ1n) is 6.15. The molecule has 0 aromatic carbocycles. The molecule has 1 fully saturated rings. The quantitative estimate of drug-likeness (QED) is 0.665. The van der Waals surface area contributed by atoms with E-state index in [0.717, 1.165) is 49.9 Å². The molecule has 0 bridgehead atoms. The van der Waals surface area contributed by atoms with Crippen molar-refractivity contribution in [1.82, 2.24) is 9.97 Å². The van der Waals surface area contributed by atoms with Crippen molar-refractivity contribution in [2.45, 2.75) is 13.3 Å². The summed E-state index contributed by atoms with van der Waals surface area (Å²) in [5.41, 5.74) is -0.0634. The minimum absolute atomic E-state index is 0.0634. The SMILES string of the molecule is CCC(=O)O.O=c1cc(N2CCOCC2)n[c]([Na])[nH]1. The van der Waals surface area contributed by atoms with E-state index in [4.69, 9.17) is 9.84 Å². The molecule has 7 nitrogen and oxygen atoms in total. The number of nitrogens with zero attached hydrogens (tertiary/aromatic N) is 2. The standard InChI is InChI=1S/C8H10N3O2.C3H6O2.Na/c12-8-5-7(9-6-10-8)11-1-3-13-4-2-11;1-2-3(4)5;/h5H,1-4H2,(H,9,10,12);2H2,1H3,(H,4,5);. The molecule has 8 heteroatoms. The van der Waals surface area contributed by atoms with Crippen LogP contribution in [0.15, 0.2) is 10.9 Å². The number of anilines is 1. The van der Waals surface area contributed by atoms with Crippen LogP contribution in [0.25, 0.3) is 0 Å². The van der Waals surface area contributed by atoms with Gasteiger partial charge in [0.05, 0.1) is 0 Å². The maximum atomic E-state index is 11.2. The van der Waals surface area contributed by atoms with Crippen molar-refractivity contribution >= 4 is 42.8 Å². The van der Waals surface area contributed by atoms with E-state index in [2.05, 4.69) is 14.9 Å². The third-order valence-electron chi connectivity index (χ3n) is 2.48. The normalized spacial score (nSPS) is 14.6. The van der Waals surface area contributed by atoms with Gasteiger partial charge in [0.25, 0.3) is 0 Å². The summed E-state index contributed by atoms with van der Waals surface area (Å²) in [7, 11) is 0. The Labute approximate surface area is 128 Å². The molecule has 0 radical (unpaired) electrons. The molecule has 2 heterocycles. The predicted molar refractivity (Wildman–Crippen MR) is 71.2 cm³/mol. The summed E-state index contributed by atoms with van der Waals surface area (Å²) in [4.78, 5) is 29.7. The molecule has 19 heavy (non-hydrogen) atoms. The Morgan fingerprint density at radius 1 is 1.58 bits per heavy atom. The molecule has 1 aliphatic heterocycles. The van der Waals surface area contributed by atoms with Crippen LogP contribution in [0.4, 0.5) is 5.82 Å². The van der Waals surface area contributed by atoms with E-state index >= 15 is 0 Å². The Kier molecular flexibility index (Phi) is 7.07. The Morgan fingerprint density at radius 3 is 2.63 bits per heavy atom. The number of carboxylic acid groups (broad SMARTS) is 1. The third-order valence-corrected chi connectivity index (χ3v) is 2.96. The zero-order chi connectivity index (χ0) is 14.3. The summed E-state index contributed by atoms with van der Waals surface area (Å²) >= 11 is 0.767. The summed E-state index contributed by atoms with van der Waals surface area (Å²) in [6.07, 6.45) is 0.222. The van der Waals surface area contributed by atoms with Crippen molar-refractivity contribution in [3.8, 4) is 0 Å². The molecule has 0 amide bonds. The third kappa shape index (κ3) is 6.20. The van der Waals surface area contributed by atoms with Gasteiger partial charge in [0.2, 0.25) is 0 Å². The van der Waals surface area contributed by atoms with Gasteiger partial charge < -0.3 is 5.11 Å². The fraction of sp³-hybridized carbons (Fsp3) is 0.545. The van der Waals surface area contributed by atoms with Crippen LogP contribution in [0.2, 0.25) is 0 Å². The van der Waals surface area contributed by atoms with E-state index < -0.39 is 5.97 Å². The van der Waals surface area contributed by atoms with Gasteiger partial charge in [0, 0.05) is 6.42 Å². The molecule has 100 valence electrons. The Bertz CT molecular complexity index is 471. The van der Waals surface area contributed by atoms with Gasteiger partial charge >= 0.3 is 105 Å². The Morgan fingerprint density at radius 2 is 2.16 bits per heavy atom. The van der Waals surface area contributed by atoms with Crippen molar-refractivity contribution in [3.63, 3.8) is 0 Å². The number of aliphatic carboxylic acids is 1. The van der Waals surface area contributed by atoms with Crippen LogP contribution < -0.4 is 13.5 Å². The monoisotopic (exact) mass is 277 g/mol. The van der Waals surface area contributed by atoms with Crippen LogP contribution in [0.5, 0.6) is 0 Å². The molecule has 1 aliphatic rings. The van der Waals surface area contributed by atoms with Crippen molar-refractivity contribution in [1.29, 1.82) is 0 Å². The van der Waals surface area contributed by atoms with Crippen molar-refractivity contribution in [2.75, 3.05) is 31.2 Å². The predicted octanol–water partition coefficient (Wildman–Crippen LogP) is -1.12.